The van der Waals surface area contributed by atoms with E-state index in [9.17, 15) is 0 Å². The summed E-state index contributed by atoms with van der Waals surface area (Å²) in [5.74, 6) is 0. The molecule has 0 radical (unpaired) electrons. The SMILES string of the molecule is C=C/C(N)=C\[CH]=[Zn]. The Balaban J connectivity index is 3.72. The van der Waals surface area contributed by atoms with E-state index in [1.54, 1.807) is 6.08 Å². The van der Waals surface area contributed by atoms with E-state index in [0.29, 0.717) is 0 Å². The topological polar surface area (TPSA) is 26.0 Å². The van der Waals surface area contributed by atoms with Gasteiger partial charge in [0.05, 0.1) is 0 Å². The number of allylic oxidation sites excluding steroid dienone is 2. The molecule has 0 aliphatic rings. The van der Waals surface area contributed by atoms with Crippen LogP contribution in [0.1, 0.15) is 0 Å². The number of hydrogen-bond acceptors (Lipinski definition) is 1. The molecule has 7 heavy (non-hydrogen) atoms. The van der Waals surface area contributed by atoms with Crippen LogP contribution in [0.5, 0.6) is 0 Å². The van der Waals surface area contributed by atoms with E-state index >= 15 is 0 Å². The van der Waals surface area contributed by atoms with Crippen molar-refractivity contribution in [1.29, 1.82) is 0 Å². The monoisotopic (exact) mass is 145 g/mol. The molecular formula is C5H7NZn. The predicted octanol–water partition coefficient (Wildman–Crippen LogP) is 0.364. The number of rotatable bonds is 2. The maximum absolute atomic E-state index is 5.32. The average Bonchev–Trinajstić information content (AvgIpc) is 1.68. The van der Waals surface area contributed by atoms with Gasteiger partial charge in [-0.25, -0.2) is 0 Å². The predicted molar refractivity (Wildman–Crippen MR) is 28.5 cm³/mol. The third kappa shape index (κ3) is 3.61. The molecule has 0 bridgehead atoms. The number of hydrogen-bond donors (Lipinski definition) is 1. The van der Waals surface area contributed by atoms with Crippen LogP contribution in [0.4, 0.5) is 0 Å². The van der Waals surface area contributed by atoms with E-state index in [2.05, 4.69) is 6.58 Å². The molecule has 0 amide bonds. The molecule has 0 unspecified atom stereocenters. The van der Waals surface area contributed by atoms with Crippen LogP contribution < -0.4 is 5.73 Å². The second-order valence-corrected chi connectivity index (χ2v) is 2.10. The second kappa shape index (κ2) is 3.95. The standard InChI is InChI=1S/C5H7N.Zn/c1-3-5(6)4-2;/h1,3-4H,2,6H2;/b5-3+;. The Morgan fingerprint density at radius 3 is 2.43 bits per heavy atom. The van der Waals surface area contributed by atoms with E-state index < -0.39 is 0 Å². The minimum absolute atomic E-state index is 0.742. The Morgan fingerprint density at radius 2 is 2.29 bits per heavy atom. The van der Waals surface area contributed by atoms with E-state index in [4.69, 9.17) is 5.73 Å². The third-order valence-electron chi connectivity index (χ3n) is 0.546. The molecule has 0 aromatic carbocycles. The zero-order chi connectivity index (χ0) is 5.70. The van der Waals surface area contributed by atoms with Gasteiger partial charge in [-0.3, -0.25) is 0 Å². The van der Waals surface area contributed by atoms with Gasteiger partial charge in [0.25, 0.3) is 0 Å². The van der Waals surface area contributed by atoms with Crippen LogP contribution >= 0.6 is 0 Å². The van der Waals surface area contributed by atoms with Crippen LogP contribution in [-0.2, 0) is 17.9 Å². The Morgan fingerprint density at radius 1 is 1.71 bits per heavy atom. The summed E-state index contributed by atoms with van der Waals surface area (Å²) in [5.41, 5.74) is 6.06. The first kappa shape index (κ1) is 6.77. The van der Waals surface area contributed by atoms with Gasteiger partial charge in [0.2, 0.25) is 0 Å². The summed E-state index contributed by atoms with van der Waals surface area (Å²) in [6.07, 6.45) is 3.49. The molecule has 0 heterocycles. The van der Waals surface area contributed by atoms with Crippen molar-refractivity contribution >= 4 is 4.61 Å². The third-order valence-corrected chi connectivity index (χ3v) is 1.04. The van der Waals surface area contributed by atoms with Crippen molar-refractivity contribution in [3.63, 3.8) is 0 Å². The van der Waals surface area contributed by atoms with Gasteiger partial charge in [-0.05, 0) is 0 Å². The van der Waals surface area contributed by atoms with Crippen LogP contribution in [0.15, 0.2) is 24.4 Å². The van der Waals surface area contributed by atoms with Gasteiger partial charge < -0.3 is 0 Å². The number of nitrogens with two attached hydrogens (primary N) is 1. The molecule has 0 spiro atoms. The van der Waals surface area contributed by atoms with Crippen LogP contribution in [0.25, 0.3) is 0 Å². The fraction of sp³-hybridized carbons (Fsp3) is 0. The van der Waals surface area contributed by atoms with Crippen molar-refractivity contribution in [2.24, 2.45) is 5.73 Å². The fourth-order valence-corrected chi connectivity index (χ4v) is 0.775. The van der Waals surface area contributed by atoms with E-state index in [0.717, 1.165) is 23.5 Å². The Bertz CT molecular complexity index is 105. The zero-order valence-corrected chi connectivity index (χ0v) is 7.19. The van der Waals surface area contributed by atoms with Gasteiger partial charge in [0.1, 0.15) is 0 Å². The molecule has 0 aliphatic carbocycles. The van der Waals surface area contributed by atoms with Crippen molar-refractivity contribution in [1.82, 2.24) is 0 Å². The first-order valence-corrected chi connectivity index (χ1v) is 3.73. The van der Waals surface area contributed by atoms with Gasteiger partial charge in [0.15, 0.2) is 0 Å². The van der Waals surface area contributed by atoms with E-state index in [1.165, 1.54) is 0 Å². The molecule has 2 heteroatoms. The summed E-state index contributed by atoms with van der Waals surface area (Å²) in [6.45, 7) is 3.48. The van der Waals surface area contributed by atoms with Gasteiger partial charge >= 0.3 is 52.6 Å². The molecule has 0 rings (SSSR count). The van der Waals surface area contributed by atoms with Crippen LogP contribution in [-0.4, -0.2) is 4.61 Å². The molecule has 0 aliphatic heterocycles. The molecule has 0 aromatic heterocycles. The maximum atomic E-state index is 5.32. The molecular weight excluding hydrogens is 139 g/mol. The van der Waals surface area contributed by atoms with Crippen LogP contribution in [0.2, 0.25) is 0 Å². The van der Waals surface area contributed by atoms with Gasteiger partial charge in [-0.2, -0.15) is 0 Å². The first-order valence-electron chi connectivity index (χ1n) is 2.02. The summed E-state index contributed by atoms with van der Waals surface area (Å²) in [5, 5.41) is 0. The normalized spacial score (nSPS) is 10.9. The molecule has 0 atom stereocenters. The quantitative estimate of drug-likeness (QED) is 0.442. The molecule has 34 valence electrons. The van der Waals surface area contributed by atoms with Gasteiger partial charge in [0, 0.05) is 0 Å². The Labute approximate surface area is 53.1 Å². The summed E-state index contributed by atoms with van der Waals surface area (Å²) in [4.78, 5) is 0. The molecule has 2 N–H and O–H groups in total. The fourth-order valence-electron chi connectivity index (χ4n) is 0.204. The zero-order valence-electron chi connectivity index (χ0n) is 4.22. The van der Waals surface area contributed by atoms with E-state index in [-0.39, 0.29) is 0 Å². The minimum atomic E-state index is 0.742. The molecule has 0 saturated carbocycles. The molecule has 0 saturated heterocycles. The summed E-state index contributed by atoms with van der Waals surface area (Å²) in [6, 6.07) is 0. The second-order valence-electron chi connectivity index (χ2n) is 1.11. The molecule has 1 nitrogen and oxygen atoms in total. The van der Waals surface area contributed by atoms with Crippen molar-refractivity contribution in [2.75, 3.05) is 0 Å². The molecule has 0 aromatic rings. The molecule has 0 fully saturated rings. The van der Waals surface area contributed by atoms with E-state index in [1.807, 2.05) is 10.7 Å². The van der Waals surface area contributed by atoms with Crippen LogP contribution in [0, 0.1) is 0 Å². The summed E-state index contributed by atoms with van der Waals surface area (Å²) < 4.78 is 2.00. The van der Waals surface area contributed by atoms with Crippen molar-refractivity contribution in [3.05, 3.63) is 24.4 Å². The van der Waals surface area contributed by atoms with Crippen LogP contribution in [0.3, 0.4) is 0 Å². The summed E-state index contributed by atoms with van der Waals surface area (Å²) >= 11 is 1.15. The van der Waals surface area contributed by atoms with Crippen molar-refractivity contribution in [2.45, 2.75) is 0 Å². The first-order chi connectivity index (χ1) is 3.31. The Hall–Kier alpha value is -0.227. The average molecular weight is 147 g/mol. The van der Waals surface area contributed by atoms with Crippen molar-refractivity contribution in [3.8, 4) is 0 Å². The van der Waals surface area contributed by atoms with Gasteiger partial charge in [-0.1, -0.05) is 0 Å². The Kier molecular flexibility index (Phi) is 3.82. The van der Waals surface area contributed by atoms with Gasteiger partial charge in [-0.15, -0.1) is 0 Å². The summed E-state index contributed by atoms with van der Waals surface area (Å²) in [7, 11) is 0. The van der Waals surface area contributed by atoms with Crippen molar-refractivity contribution < 1.29 is 17.9 Å².